The molecule has 0 fully saturated rings. The lowest BCUT2D eigenvalue weighted by atomic mass is 10.2. The molecule has 0 unspecified atom stereocenters. The second-order valence-electron chi connectivity index (χ2n) is 8.24. The van der Waals surface area contributed by atoms with E-state index in [9.17, 15) is 9.59 Å². The van der Waals surface area contributed by atoms with E-state index in [2.05, 4.69) is 10.4 Å². The van der Waals surface area contributed by atoms with Crippen LogP contribution in [-0.2, 0) is 6.54 Å². The molecule has 0 aliphatic rings. The third-order valence-corrected chi connectivity index (χ3v) is 5.70. The molecular formula is C25H22ClN5O4. The van der Waals surface area contributed by atoms with Crippen LogP contribution in [0.2, 0.25) is 5.02 Å². The van der Waals surface area contributed by atoms with Gasteiger partial charge in [0.05, 0.1) is 17.5 Å². The first-order valence-electron chi connectivity index (χ1n) is 10.9. The van der Waals surface area contributed by atoms with E-state index >= 15 is 0 Å². The maximum absolute atomic E-state index is 13.1. The molecule has 3 heterocycles. The lowest BCUT2D eigenvalue weighted by Crippen LogP contribution is -2.23. The van der Waals surface area contributed by atoms with Crippen molar-refractivity contribution in [2.24, 2.45) is 0 Å². The summed E-state index contributed by atoms with van der Waals surface area (Å²) in [5.74, 6) is -0.293. The van der Waals surface area contributed by atoms with Crippen molar-refractivity contribution in [3.05, 3.63) is 88.2 Å². The van der Waals surface area contributed by atoms with E-state index in [0.29, 0.717) is 52.0 Å². The van der Waals surface area contributed by atoms with Crippen molar-refractivity contribution in [2.45, 2.75) is 6.54 Å². The minimum atomic E-state index is -0.436. The van der Waals surface area contributed by atoms with Gasteiger partial charge in [-0.05, 0) is 62.6 Å². The molecule has 35 heavy (non-hydrogen) atoms. The van der Waals surface area contributed by atoms with E-state index in [4.69, 9.17) is 20.4 Å². The molecule has 0 radical (unpaired) electrons. The number of nitrogens with one attached hydrogen (secondary N) is 1. The van der Waals surface area contributed by atoms with Gasteiger partial charge < -0.3 is 19.1 Å². The lowest BCUT2D eigenvalue weighted by molar-refractivity contribution is 0.102. The minimum Gasteiger partial charge on any atom is -0.463 e. The van der Waals surface area contributed by atoms with Crippen LogP contribution in [0.5, 0.6) is 0 Å². The largest absolute Gasteiger partial charge is 0.463 e. The minimum absolute atomic E-state index is 0.189. The summed E-state index contributed by atoms with van der Waals surface area (Å²) in [6.45, 7) is 1.13. The van der Waals surface area contributed by atoms with Crippen LogP contribution in [0.4, 0.5) is 5.69 Å². The molecule has 0 aliphatic heterocycles. The summed E-state index contributed by atoms with van der Waals surface area (Å²) in [6, 6.07) is 17.4. The molecule has 1 amide bonds. The van der Waals surface area contributed by atoms with Gasteiger partial charge in [-0.15, -0.1) is 0 Å². The number of benzene rings is 2. The highest BCUT2D eigenvalue weighted by Crippen LogP contribution is 2.26. The van der Waals surface area contributed by atoms with E-state index in [1.807, 2.05) is 25.1 Å². The van der Waals surface area contributed by atoms with Gasteiger partial charge in [0.2, 0.25) is 0 Å². The highest BCUT2D eigenvalue weighted by molar-refractivity contribution is 6.30. The second kappa shape index (κ2) is 9.28. The highest BCUT2D eigenvalue weighted by Gasteiger charge is 2.19. The summed E-state index contributed by atoms with van der Waals surface area (Å²) < 4.78 is 14.0. The molecule has 10 heteroatoms. The Labute approximate surface area is 205 Å². The highest BCUT2D eigenvalue weighted by atomic mass is 35.5. The number of likely N-dealkylation sites (N-methyl/N-ethyl adjacent to an activating group) is 1. The summed E-state index contributed by atoms with van der Waals surface area (Å²) in [7, 11) is 3.86. The van der Waals surface area contributed by atoms with E-state index in [1.165, 1.54) is 0 Å². The fraction of sp³-hybridized carbons (Fsp3) is 0.160. The first-order chi connectivity index (χ1) is 16.9. The maximum atomic E-state index is 13.1. The van der Waals surface area contributed by atoms with E-state index < -0.39 is 11.7 Å². The van der Waals surface area contributed by atoms with Crippen LogP contribution < -0.4 is 11.1 Å². The van der Waals surface area contributed by atoms with Crippen LogP contribution in [0.3, 0.4) is 0 Å². The normalized spacial score (nSPS) is 11.4. The monoisotopic (exact) mass is 491 g/mol. The molecule has 3 aromatic heterocycles. The lowest BCUT2D eigenvalue weighted by Gasteiger charge is -2.09. The molecule has 0 bridgehead atoms. The number of amides is 1. The molecule has 0 aliphatic carbocycles. The van der Waals surface area contributed by atoms with Gasteiger partial charge in [0.15, 0.2) is 17.0 Å². The zero-order chi connectivity index (χ0) is 24.5. The van der Waals surface area contributed by atoms with Crippen molar-refractivity contribution in [1.82, 2.24) is 19.2 Å². The summed E-state index contributed by atoms with van der Waals surface area (Å²) >= 11 is 6.17. The number of nitrogens with zero attached hydrogens (tertiary/aromatic N) is 4. The molecule has 2 aromatic carbocycles. The van der Waals surface area contributed by atoms with Crippen LogP contribution in [0.25, 0.3) is 28.2 Å². The number of oxazole rings is 1. The first kappa shape index (κ1) is 22.7. The number of aromatic nitrogens is 3. The molecule has 0 saturated carbocycles. The molecule has 178 valence electrons. The fourth-order valence-electron chi connectivity index (χ4n) is 3.74. The molecule has 0 atom stereocenters. The average molecular weight is 492 g/mol. The van der Waals surface area contributed by atoms with Crippen molar-refractivity contribution in [3.63, 3.8) is 0 Å². The Morgan fingerprint density at radius 1 is 1.11 bits per heavy atom. The van der Waals surface area contributed by atoms with Crippen LogP contribution in [0.15, 0.2) is 80.6 Å². The average Bonchev–Trinajstić information content (AvgIpc) is 3.56. The molecule has 0 saturated heterocycles. The van der Waals surface area contributed by atoms with Gasteiger partial charge in [0.1, 0.15) is 5.69 Å². The number of halogens is 1. The van der Waals surface area contributed by atoms with Crippen LogP contribution in [0, 0.1) is 0 Å². The van der Waals surface area contributed by atoms with Crippen molar-refractivity contribution >= 4 is 34.3 Å². The maximum Gasteiger partial charge on any atom is 0.419 e. The third kappa shape index (κ3) is 4.64. The molecule has 5 rings (SSSR count). The van der Waals surface area contributed by atoms with E-state index in [0.717, 1.165) is 0 Å². The van der Waals surface area contributed by atoms with Crippen LogP contribution in [-0.4, -0.2) is 45.8 Å². The van der Waals surface area contributed by atoms with Crippen LogP contribution in [0.1, 0.15) is 10.5 Å². The van der Waals surface area contributed by atoms with Crippen LogP contribution >= 0.6 is 11.6 Å². The molecule has 1 N–H and O–H groups in total. The quantitative estimate of drug-likeness (QED) is 0.360. The second-order valence-corrected chi connectivity index (χ2v) is 8.68. The first-order valence-corrected chi connectivity index (χ1v) is 11.3. The Morgan fingerprint density at radius 2 is 1.97 bits per heavy atom. The van der Waals surface area contributed by atoms with Crippen molar-refractivity contribution in [3.8, 4) is 17.1 Å². The molecule has 9 nitrogen and oxygen atoms in total. The van der Waals surface area contributed by atoms with Crippen molar-refractivity contribution in [2.75, 3.05) is 26.0 Å². The Bertz CT molecular complexity index is 1560. The molecule has 0 spiro atoms. The van der Waals surface area contributed by atoms with Gasteiger partial charge in [-0.1, -0.05) is 17.7 Å². The number of hydrogen-bond donors (Lipinski definition) is 1. The Kier molecular flexibility index (Phi) is 6.02. The number of carbonyl (C=O) groups is 1. The van der Waals surface area contributed by atoms with Gasteiger partial charge in [-0.25, -0.2) is 9.48 Å². The van der Waals surface area contributed by atoms with Gasteiger partial charge in [0.25, 0.3) is 5.91 Å². The fourth-order valence-corrected chi connectivity index (χ4v) is 3.93. The van der Waals surface area contributed by atoms with Gasteiger partial charge in [-0.2, -0.15) is 5.10 Å². The van der Waals surface area contributed by atoms with Gasteiger partial charge in [-0.3, -0.25) is 9.36 Å². The number of hydrogen-bond acceptors (Lipinski definition) is 6. The summed E-state index contributed by atoms with van der Waals surface area (Å²) in [5, 5.41) is 7.92. The van der Waals surface area contributed by atoms with Crippen molar-refractivity contribution < 1.29 is 13.6 Å². The number of fused-ring (bicyclic) bond motifs is 1. The Hall–Kier alpha value is -4.08. The predicted octanol–water partition coefficient (Wildman–Crippen LogP) is 4.51. The zero-order valence-corrected chi connectivity index (χ0v) is 19.8. The summed E-state index contributed by atoms with van der Waals surface area (Å²) in [5.41, 5.74) is 3.05. The number of carbonyl (C=O) groups excluding carboxylic acids is 1. The number of rotatable bonds is 7. The Balaban J connectivity index is 1.47. The SMILES string of the molecule is CN(C)CCn1c(=O)oc2ccc(NC(=O)c3cc(-c4ccco4)n(-c4cccc(Cl)c4)n3)cc21. The summed E-state index contributed by atoms with van der Waals surface area (Å²) in [4.78, 5) is 27.4. The smallest absolute Gasteiger partial charge is 0.419 e. The third-order valence-electron chi connectivity index (χ3n) is 5.46. The predicted molar refractivity (Wildman–Crippen MR) is 133 cm³/mol. The van der Waals surface area contributed by atoms with Crippen molar-refractivity contribution in [1.29, 1.82) is 0 Å². The standard InChI is InChI=1S/C25H22ClN5O4/c1-29(2)10-11-30-20-14-17(8-9-23(20)35-25(30)33)27-24(32)19-15-21(22-7-4-12-34-22)31(28-19)18-6-3-5-16(26)13-18/h3-9,12-15H,10-11H2,1-2H3,(H,27,32). The Morgan fingerprint density at radius 3 is 2.71 bits per heavy atom. The topological polar surface area (TPSA) is 98.4 Å². The summed E-state index contributed by atoms with van der Waals surface area (Å²) in [6.07, 6.45) is 1.56. The van der Waals surface area contributed by atoms with E-state index in [-0.39, 0.29) is 5.69 Å². The number of furan rings is 1. The van der Waals surface area contributed by atoms with Gasteiger partial charge >= 0.3 is 5.76 Å². The molecular weight excluding hydrogens is 470 g/mol. The van der Waals surface area contributed by atoms with E-state index in [1.54, 1.807) is 70.1 Å². The molecule has 5 aromatic rings. The number of anilines is 1. The zero-order valence-electron chi connectivity index (χ0n) is 19.1. The van der Waals surface area contributed by atoms with Gasteiger partial charge in [0, 0.05) is 29.9 Å².